The fourth-order valence-electron chi connectivity index (χ4n) is 2.57. The van der Waals surface area contributed by atoms with Gasteiger partial charge in [0, 0.05) is 34.6 Å². The molecule has 2 aromatic carbocycles. The van der Waals surface area contributed by atoms with Gasteiger partial charge >= 0.3 is 6.03 Å². The lowest BCUT2D eigenvalue weighted by atomic mass is 10.1. The lowest BCUT2D eigenvalue weighted by Gasteiger charge is -2.11. The molecule has 1 saturated carbocycles. The lowest BCUT2D eigenvalue weighted by molar-refractivity contribution is 0.0950. The maximum atomic E-state index is 12.5. The standard InChI is InChI=1S/C21H24N4O3/c1-13(2)22-21(28)25-18-5-3-4-15(12-18)20(27)24-16-8-6-14(7-9-16)19(26)23-17-10-11-17/h3-9,12-13,17H,10-11H2,1-2H3,(H,23,26)(H,24,27)(H2,22,25,28). The van der Waals surface area contributed by atoms with Gasteiger partial charge < -0.3 is 21.3 Å². The number of carbonyl (C=O) groups excluding carboxylic acids is 3. The Bertz CT molecular complexity index is 873. The highest BCUT2D eigenvalue weighted by Crippen LogP contribution is 2.20. The predicted molar refractivity (Wildman–Crippen MR) is 109 cm³/mol. The molecule has 7 heteroatoms. The molecule has 4 amide bonds. The zero-order chi connectivity index (χ0) is 20.1. The number of carbonyl (C=O) groups is 3. The van der Waals surface area contributed by atoms with Crippen LogP contribution in [0.25, 0.3) is 0 Å². The summed E-state index contributed by atoms with van der Waals surface area (Å²) in [6.07, 6.45) is 2.07. The summed E-state index contributed by atoms with van der Waals surface area (Å²) in [5.41, 5.74) is 2.09. The minimum atomic E-state index is -0.326. The molecule has 2 aromatic rings. The number of amides is 4. The second-order valence-electron chi connectivity index (χ2n) is 7.11. The SMILES string of the molecule is CC(C)NC(=O)Nc1cccc(C(=O)Nc2ccc(C(=O)NC3CC3)cc2)c1. The summed E-state index contributed by atoms with van der Waals surface area (Å²) < 4.78 is 0. The summed E-state index contributed by atoms with van der Waals surface area (Å²) in [6.45, 7) is 3.73. The molecular formula is C21H24N4O3. The number of nitrogens with one attached hydrogen (secondary N) is 4. The van der Waals surface area contributed by atoms with Gasteiger partial charge in [0.15, 0.2) is 0 Å². The topological polar surface area (TPSA) is 99.3 Å². The molecule has 0 atom stereocenters. The van der Waals surface area contributed by atoms with E-state index < -0.39 is 0 Å². The van der Waals surface area contributed by atoms with Crippen LogP contribution in [0.5, 0.6) is 0 Å². The highest BCUT2D eigenvalue weighted by molar-refractivity contribution is 6.05. The number of rotatable bonds is 6. The molecule has 1 fully saturated rings. The summed E-state index contributed by atoms with van der Waals surface area (Å²) in [7, 11) is 0. The van der Waals surface area contributed by atoms with Gasteiger partial charge in [-0.25, -0.2) is 4.79 Å². The van der Waals surface area contributed by atoms with Crippen LogP contribution < -0.4 is 21.3 Å². The molecule has 0 aromatic heterocycles. The Kier molecular flexibility index (Phi) is 5.93. The number of anilines is 2. The zero-order valence-corrected chi connectivity index (χ0v) is 15.9. The fourth-order valence-corrected chi connectivity index (χ4v) is 2.57. The molecule has 1 aliphatic carbocycles. The summed E-state index contributed by atoms with van der Waals surface area (Å²) >= 11 is 0. The normalized spacial score (nSPS) is 13.0. The van der Waals surface area contributed by atoms with E-state index in [0.29, 0.717) is 28.5 Å². The van der Waals surface area contributed by atoms with Gasteiger partial charge in [-0.1, -0.05) is 6.07 Å². The molecule has 7 nitrogen and oxygen atoms in total. The molecule has 0 saturated heterocycles. The average Bonchev–Trinajstić information content (AvgIpc) is 3.45. The van der Waals surface area contributed by atoms with Crippen LogP contribution in [0.3, 0.4) is 0 Å². The predicted octanol–water partition coefficient (Wildman–Crippen LogP) is 3.36. The highest BCUT2D eigenvalue weighted by atomic mass is 16.2. The first-order valence-corrected chi connectivity index (χ1v) is 9.30. The van der Waals surface area contributed by atoms with Crippen molar-refractivity contribution >= 4 is 29.2 Å². The molecule has 0 aliphatic heterocycles. The third-order valence-electron chi connectivity index (χ3n) is 4.12. The molecule has 0 heterocycles. The van der Waals surface area contributed by atoms with Crippen LogP contribution in [-0.2, 0) is 0 Å². The maximum Gasteiger partial charge on any atom is 0.319 e. The summed E-state index contributed by atoms with van der Waals surface area (Å²) in [5.74, 6) is -0.401. The fraction of sp³-hybridized carbons (Fsp3) is 0.286. The van der Waals surface area contributed by atoms with E-state index in [4.69, 9.17) is 0 Å². The third kappa shape index (κ3) is 5.57. The zero-order valence-electron chi connectivity index (χ0n) is 15.9. The van der Waals surface area contributed by atoms with E-state index in [1.54, 1.807) is 48.5 Å². The number of hydrogen-bond donors (Lipinski definition) is 4. The molecule has 0 unspecified atom stereocenters. The van der Waals surface area contributed by atoms with Crippen LogP contribution in [0.1, 0.15) is 47.4 Å². The van der Waals surface area contributed by atoms with Crippen molar-refractivity contribution in [2.24, 2.45) is 0 Å². The largest absolute Gasteiger partial charge is 0.349 e. The van der Waals surface area contributed by atoms with Crippen molar-refractivity contribution in [1.82, 2.24) is 10.6 Å². The Balaban J connectivity index is 1.60. The molecular weight excluding hydrogens is 356 g/mol. The van der Waals surface area contributed by atoms with Gasteiger partial charge in [0.05, 0.1) is 0 Å². The van der Waals surface area contributed by atoms with Crippen LogP contribution in [0.4, 0.5) is 16.2 Å². The van der Waals surface area contributed by atoms with Crippen LogP contribution in [0.2, 0.25) is 0 Å². The Morgan fingerprint density at radius 1 is 0.857 bits per heavy atom. The Labute approximate surface area is 163 Å². The third-order valence-corrected chi connectivity index (χ3v) is 4.12. The van der Waals surface area contributed by atoms with Gasteiger partial charge in [-0.15, -0.1) is 0 Å². The summed E-state index contributed by atoms with van der Waals surface area (Å²) in [4.78, 5) is 36.3. The maximum absolute atomic E-state index is 12.5. The highest BCUT2D eigenvalue weighted by Gasteiger charge is 2.23. The smallest absolute Gasteiger partial charge is 0.319 e. The second-order valence-corrected chi connectivity index (χ2v) is 7.11. The van der Waals surface area contributed by atoms with Crippen molar-refractivity contribution in [1.29, 1.82) is 0 Å². The molecule has 3 rings (SSSR count). The van der Waals surface area contributed by atoms with Crippen molar-refractivity contribution in [3.05, 3.63) is 59.7 Å². The number of hydrogen-bond acceptors (Lipinski definition) is 3. The van der Waals surface area contributed by atoms with E-state index in [-0.39, 0.29) is 23.9 Å². The van der Waals surface area contributed by atoms with Gasteiger partial charge in [-0.3, -0.25) is 9.59 Å². The quantitative estimate of drug-likeness (QED) is 0.618. The summed E-state index contributed by atoms with van der Waals surface area (Å²) in [5, 5.41) is 11.1. The molecule has 0 spiro atoms. The molecule has 28 heavy (non-hydrogen) atoms. The minimum absolute atomic E-state index is 0.0146. The van der Waals surface area contributed by atoms with Crippen molar-refractivity contribution < 1.29 is 14.4 Å². The molecule has 146 valence electrons. The molecule has 0 bridgehead atoms. The van der Waals surface area contributed by atoms with E-state index in [1.165, 1.54) is 0 Å². The molecule has 4 N–H and O–H groups in total. The van der Waals surface area contributed by atoms with Crippen molar-refractivity contribution in [3.8, 4) is 0 Å². The number of benzene rings is 2. The molecule has 0 radical (unpaired) electrons. The van der Waals surface area contributed by atoms with Gasteiger partial charge in [-0.05, 0) is 69.2 Å². The first kappa shape index (κ1) is 19.4. The van der Waals surface area contributed by atoms with Crippen molar-refractivity contribution in [2.75, 3.05) is 10.6 Å². The van der Waals surface area contributed by atoms with Crippen LogP contribution in [0, 0.1) is 0 Å². The first-order chi connectivity index (χ1) is 13.4. The minimum Gasteiger partial charge on any atom is -0.349 e. The van der Waals surface area contributed by atoms with Gasteiger partial charge in [0.2, 0.25) is 0 Å². The Morgan fingerprint density at radius 2 is 1.57 bits per heavy atom. The Hall–Kier alpha value is -3.35. The van der Waals surface area contributed by atoms with Crippen LogP contribution >= 0.6 is 0 Å². The average molecular weight is 380 g/mol. The van der Waals surface area contributed by atoms with Crippen LogP contribution in [0.15, 0.2) is 48.5 Å². The number of urea groups is 1. The van der Waals surface area contributed by atoms with Gasteiger partial charge in [0.25, 0.3) is 11.8 Å². The second kappa shape index (κ2) is 8.56. The van der Waals surface area contributed by atoms with E-state index in [2.05, 4.69) is 21.3 Å². The van der Waals surface area contributed by atoms with Crippen molar-refractivity contribution in [2.45, 2.75) is 38.8 Å². The Morgan fingerprint density at radius 3 is 2.21 bits per heavy atom. The van der Waals surface area contributed by atoms with Gasteiger partial charge in [0.1, 0.15) is 0 Å². The first-order valence-electron chi connectivity index (χ1n) is 9.30. The summed E-state index contributed by atoms with van der Waals surface area (Å²) in [6, 6.07) is 13.4. The molecule has 1 aliphatic rings. The van der Waals surface area contributed by atoms with E-state index in [0.717, 1.165) is 12.8 Å². The van der Waals surface area contributed by atoms with E-state index in [1.807, 2.05) is 13.8 Å². The monoisotopic (exact) mass is 380 g/mol. The van der Waals surface area contributed by atoms with Crippen molar-refractivity contribution in [3.63, 3.8) is 0 Å². The van der Waals surface area contributed by atoms with Crippen LogP contribution in [-0.4, -0.2) is 29.9 Å². The van der Waals surface area contributed by atoms with E-state index in [9.17, 15) is 14.4 Å². The van der Waals surface area contributed by atoms with Gasteiger partial charge in [-0.2, -0.15) is 0 Å². The lowest BCUT2D eigenvalue weighted by Crippen LogP contribution is -2.34. The van der Waals surface area contributed by atoms with E-state index >= 15 is 0 Å².